The SMILES string of the molecule is CCn1ccc(C(=O)Nc2c(C(N)=O)sc3nc(C(F)(F)F)cc(-c4cnn(C)c4C)c23)n1. The van der Waals surface area contributed by atoms with E-state index in [1.54, 1.807) is 20.2 Å². The maximum absolute atomic E-state index is 13.6. The third kappa shape index (κ3) is 3.95. The van der Waals surface area contributed by atoms with Crippen LogP contribution in [0.15, 0.2) is 24.5 Å². The van der Waals surface area contributed by atoms with Gasteiger partial charge in [0.05, 0.1) is 11.9 Å². The highest BCUT2D eigenvalue weighted by Gasteiger charge is 2.35. The van der Waals surface area contributed by atoms with Gasteiger partial charge in [-0.2, -0.15) is 23.4 Å². The fraction of sp³-hybridized carbons (Fsp3) is 0.250. The number of anilines is 1. The number of hydrogen-bond donors (Lipinski definition) is 2. The van der Waals surface area contributed by atoms with E-state index in [0.29, 0.717) is 29.1 Å². The fourth-order valence-electron chi connectivity index (χ4n) is 3.35. The maximum atomic E-state index is 13.6. The van der Waals surface area contributed by atoms with Crippen LogP contribution in [0.3, 0.4) is 0 Å². The summed E-state index contributed by atoms with van der Waals surface area (Å²) < 4.78 is 43.8. The zero-order valence-electron chi connectivity index (χ0n) is 17.7. The third-order valence-electron chi connectivity index (χ3n) is 5.14. The first-order valence-electron chi connectivity index (χ1n) is 9.69. The van der Waals surface area contributed by atoms with Crippen molar-refractivity contribution in [3.63, 3.8) is 0 Å². The molecule has 4 rings (SSSR count). The second-order valence-electron chi connectivity index (χ2n) is 7.18. The normalized spacial score (nSPS) is 11.8. The number of pyridine rings is 1. The monoisotopic (exact) mass is 477 g/mol. The van der Waals surface area contributed by atoms with E-state index in [1.165, 1.54) is 21.6 Å². The average Bonchev–Trinajstić information content (AvgIpc) is 3.45. The first-order chi connectivity index (χ1) is 15.5. The smallest absolute Gasteiger partial charge is 0.365 e. The standard InChI is InChI=1S/C20H18F3N7O2S/c1-4-30-6-5-12(28-30)18(32)27-15-14-10(11-8-25-29(3)9(11)2)7-13(20(21,22)23)26-19(14)33-16(15)17(24)31/h5-8H,4H2,1-3H3,(H2,24,31)(H,27,32). The third-order valence-corrected chi connectivity index (χ3v) is 6.24. The van der Waals surface area contributed by atoms with Crippen LogP contribution < -0.4 is 11.1 Å². The van der Waals surface area contributed by atoms with E-state index >= 15 is 0 Å². The van der Waals surface area contributed by atoms with Gasteiger partial charge < -0.3 is 11.1 Å². The van der Waals surface area contributed by atoms with E-state index in [4.69, 9.17) is 5.73 Å². The molecule has 3 N–H and O–H groups in total. The molecule has 2 amide bonds. The number of thiophene rings is 1. The van der Waals surface area contributed by atoms with Crippen LogP contribution in [0, 0.1) is 6.92 Å². The molecular formula is C20H18F3N7O2S. The van der Waals surface area contributed by atoms with Crippen LogP contribution in [0.2, 0.25) is 0 Å². The summed E-state index contributed by atoms with van der Waals surface area (Å²) in [5, 5.41) is 11.0. The van der Waals surface area contributed by atoms with Crippen LogP contribution >= 0.6 is 11.3 Å². The molecule has 4 aromatic heterocycles. The van der Waals surface area contributed by atoms with Crippen LogP contribution in [0.5, 0.6) is 0 Å². The summed E-state index contributed by atoms with van der Waals surface area (Å²) in [5.74, 6) is -1.55. The maximum Gasteiger partial charge on any atom is 0.433 e. The van der Waals surface area contributed by atoms with Crippen LogP contribution in [0.1, 0.15) is 38.5 Å². The first-order valence-corrected chi connectivity index (χ1v) is 10.5. The average molecular weight is 477 g/mol. The lowest BCUT2D eigenvalue weighted by Crippen LogP contribution is -2.17. The molecule has 0 unspecified atom stereocenters. The van der Waals surface area contributed by atoms with Gasteiger partial charge in [0.1, 0.15) is 15.4 Å². The van der Waals surface area contributed by atoms with Crippen molar-refractivity contribution in [2.75, 3.05) is 5.32 Å². The predicted molar refractivity (Wildman–Crippen MR) is 116 cm³/mol. The van der Waals surface area contributed by atoms with Crippen molar-refractivity contribution in [1.29, 1.82) is 0 Å². The van der Waals surface area contributed by atoms with Crippen molar-refractivity contribution in [1.82, 2.24) is 24.5 Å². The van der Waals surface area contributed by atoms with Gasteiger partial charge in [-0.25, -0.2) is 4.98 Å². The molecule has 0 radical (unpaired) electrons. The summed E-state index contributed by atoms with van der Waals surface area (Å²) in [6.45, 7) is 4.08. The molecular weight excluding hydrogens is 459 g/mol. The number of nitrogens with zero attached hydrogens (tertiary/aromatic N) is 5. The molecule has 0 fully saturated rings. The van der Waals surface area contributed by atoms with Gasteiger partial charge in [-0.3, -0.25) is 19.0 Å². The zero-order valence-corrected chi connectivity index (χ0v) is 18.5. The number of alkyl halides is 3. The number of nitrogens with one attached hydrogen (secondary N) is 1. The van der Waals surface area contributed by atoms with Crippen LogP contribution in [-0.4, -0.2) is 36.4 Å². The summed E-state index contributed by atoms with van der Waals surface area (Å²) >= 11 is 0.677. The van der Waals surface area contributed by atoms with Gasteiger partial charge in [0.25, 0.3) is 11.8 Å². The minimum Gasteiger partial charge on any atom is -0.365 e. The van der Waals surface area contributed by atoms with Crippen molar-refractivity contribution >= 4 is 39.1 Å². The number of fused-ring (bicyclic) bond motifs is 1. The highest BCUT2D eigenvalue weighted by molar-refractivity contribution is 7.21. The molecule has 13 heteroatoms. The molecule has 0 aliphatic heterocycles. The van der Waals surface area contributed by atoms with Gasteiger partial charge in [0.15, 0.2) is 5.69 Å². The van der Waals surface area contributed by atoms with E-state index in [1.807, 2.05) is 6.92 Å². The lowest BCUT2D eigenvalue weighted by atomic mass is 10.0. The van der Waals surface area contributed by atoms with Crippen molar-refractivity contribution in [2.24, 2.45) is 12.8 Å². The zero-order chi connectivity index (χ0) is 24.1. The Morgan fingerprint density at radius 2 is 2.00 bits per heavy atom. The summed E-state index contributed by atoms with van der Waals surface area (Å²) in [6, 6.07) is 2.37. The minimum absolute atomic E-state index is 0.0157. The highest BCUT2D eigenvalue weighted by Crippen LogP contribution is 2.44. The molecule has 0 aromatic carbocycles. The molecule has 172 valence electrons. The number of primary amides is 1. The molecule has 0 spiro atoms. The molecule has 0 atom stereocenters. The predicted octanol–water partition coefficient (Wildman–Crippen LogP) is 3.59. The number of rotatable bonds is 5. The number of amides is 2. The second kappa shape index (κ2) is 7.99. The molecule has 0 saturated heterocycles. The van der Waals surface area contributed by atoms with E-state index in [9.17, 15) is 22.8 Å². The molecule has 9 nitrogen and oxygen atoms in total. The van der Waals surface area contributed by atoms with Crippen molar-refractivity contribution in [2.45, 2.75) is 26.6 Å². The summed E-state index contributed by atoms with van der Waals surface area (Å²) in [5.41, 5.74) is 5.53. The van der Waals surface area contributed by atoms with Gasteiger partial charge in [-0.05, 0) is 31.5 Å². The quantitative estimate of drug-likeness (QED) is 0.455. The molecule has 0 saturated carbocycles. The molecule has 4 aromatic rings. The Morgan fingerprint density at radius 3 is 2.55 bits per heavy atom. The van der Waals surface area contributed by atoms with Crippen LogP contribution in [-0.2, 0) is 19.8 Å². The van der Waals surface area contributed by atoms with Gasteiger partial charge in [0.2, 0.25) is 0 Å². The second-order valence-corrected chi connectivity index (χ2v) is 8.18. The summed E-state index contributed by atoms with van der Waals surface area (Å²) in [7, 11) is 1.65. The Hall–Kier alpha value is -3.74. The number of halogens is 3. The van der Waals surface area contributed by atoms with Gasteiger partial charge in [-0.1, -0.05) is 0 Å². The van der Waals surface area contributed by atoms with Crippen LogP contribution in [0.4, 0.5) is 18.9 Å². The van der Waals surface area contributed by atoms with Gasteiger partial charge in [0, 0.05) is 36.4 Å². The molecule has 33 heavy (non-hydrogen) atoms. The number of hydrogen-bond acceptors (Lipinski definition) is 6. The molecule has 0 aliphatic rings. The van der Waals surface area contributed by atoms with Crippen molar-refractivity contribution in [3.8, 4) is 11.1 Å². The van der Waals surface area contributed by atoms with Crippen LogP contribution in [0.25, 0.3) is 21.3 Å². The van der Waals surface area contributed by atoms with E-state index in [-0.39, 0.29) is 32.0 Å². The lowest BCUT2D eigenvalue weighted by Gasteiger charge is -2.12. The first kappa shape index (κ1) is 22.5. The lowest BCUT2D eigenvalue weighted by molar-refractivity contribution is -0.140. The van der Waals surface area contributed by atoms with Gasteiger partial charge >= 0.3 is 6.18 Å². The highest BCUT2D eigenvalue weighted by atomic mass is 32.1. The summed E-state index contributed by atoms with van der Waals surface area (Å²) in [4.78, 5) is 28.5. The Balaban J connectivity index is 1.98. The Bertz CT molecular complexity index is 1400. The Kier molecular flexibility index (Phi) is 5.44. The minimum atomic E-state index is -4.73. The van der Waals surface area contributed by atoms with Crippen molar-refractivity contribution in [3.05, 3.63) is 46.5 Å². The largest absolute Gasteiger partial charge is 0.433 e. The Morgan fingerprint density at radius 1 is 1.27 bits per heavy atom. The summed E-state index contributed by atoms with van der Waals surface area (Å²) in [6.07, 6.45) is -1.70. The van der Waals surface area contributed by atoms with E-state index in [2.05, 4.69) is 20.5 Å². The molecule has 0 bridgehead atoms. The number of aromatic nitrogens is 5. The number of carbonyl (C=O) groups is 2. The molecule has 0 aliphatic carbocycles. The number of carbonyl (C=O) groups excluding carboxylic acids is 2. The Labute approximate surface area is 189 Å². The van der Waals surface area contributed by atoms with E-state index in [0.717, 1.165) is 6.07 Å². The topological polar surface area (TPSA) is 121 Å². The fourth-order valence-corrected chi connectivity index (χ4v) is 4.36. The number of aryl methyl sites for hydroxylation is 2. The van der Waals surface area contributed by atoms with Gasteiger partial charge in [-0.15, -0.1) is 11.3 Å². The van der Waals surface area contributed by atoms with E-state index < -0.39 is 23.7 Å². The number of nitrogens with two attached hydrogens (primary N) is 1. The molecule has 4 heterocycles. The van der Waals surface area contributed by atoms with Crippen molar-refractivity contribution < 1.29 is 22.8 Å².